The lowest BCUT2D eigenvalue weighted by Gasteiger charge is -2.35. The Morgan fingerprint density at radius 1 is 1.32 bits per heavy atom. The van der Waals surface area contributed by atoms with Gasteiger partial charge in [0.2, 0.25) is 0 Å². The van der Waals surface area contributed by atoms with Crippen LogP contribution in [-0.2, 0) is 0 Å². The van der Waals surface area contributed by atoms with Gasteiger partial charge in [0.15, 0.2) is 0 Å². The fraction of sp³-hybridized carbons (Fsp3) is 0.455. The number of hydrogen-bond acceptors (Lipinski definition) is 3. The number of primary amides is 1. The summed E-state index contributed by atoms with van der Waals surface area (Å²) in [6, 6.07) is 3.54. The summed E-state index contributed by atoms with van der Waals surface area (Å²) in [6.07, 6.45) is 3.92. The molecule has 5 nitrogen and oxygen atoms in total. The van der Waals surface area contributed by atoms with E-state index in [9.17, 15) is 14.3 Å². The monoisotopic (exact) mass is 379 g/mol. The zero-order chi connectivity index (χ0) is 19.8. The number of aromatic nitrogens is 2. The maximum absolute atomic E-state index is 14.7. The van der Waals surface area contributed by atoms with E-state index in [-0.39, 0.29) is 17.5 Å². The lowest BCUT2D eigenvalue weighted by molar-refractivity contribution is 0.0994. The summed E-state index contributed by atoms with van der Waals surface area (Å²) in [5, 5.41) is 9.86. The van der Waals surface area contributed by atoms with Crippen LogP contribution < -0.4 is 5.73 Å². The van der Waals surface area contributed by atoms with Gasteiger partial charge in [0.05, 0.1) is 11.3 Å². The molecule has 3 N–H and O–H groups in total. The Hall–Kier alpha value is -2.65. The van der Waals surface area contributed by atoms with E-state index in [1.807, 2.05) is 0 Å². The SMILES string of the molecule is CC(C)(O)C#Cc1cc2c(cc1F)C1CC(C1)n1c-2nc(C(N)=O)c1C1CC1. The topological polar surface area (TPSA) is 81.1 Å². The van der Waals surface area contributed by atoms with Crippen LogP contribution in [0.2, 0.25) is 0 Å². The Balaban J connectivity index is 1.74. The van der Waals surface area contributed by atoms with Gasteiger partial charge in [-0.1, -0.05) is 11.8 Å². The van der Waals surface area contributed by atoms with Gasteiger partial charge in [-0.05, 0) is 63.1 Å². The van der Waals surface area contributed by atoms with Gasteiger partial charge in [0.1, 0.15) is 22.9 Å². The molecule has 6 rings (SSSR count). The van der Waals surface area contributed by atoms with Crippen molar-refractivity contribution in [2.24, 2.45) is 5.73 Å². The van der Waals surface area contributed by atoms with E-state index in [0.29, 0.717) is 17.4 Å². The van der Waals surface area contributed by atoms with Crippen LogP contribution in [0.1, 0.15) is 84.7 Å². The third-order valence-electron chi connectivity index (χ3n) is 5.95. The zero-order valence-corrected chi connectivity index (χ0v) is 15.9. The zero-order valence-electron chi connectivity index (χ0n) is 15.9. The Labute approximate surface area is 162 Å². The molecule has 28 heavy (non-hydrogen) atoms. The van der Waals surface area contributed by atoms with Crippen molar-refractivity contribution in [1.29, 1.82) is 0 Å². The molecule has 2 fully saturated rings. The molecule has 4 aliphatic rings. The molecule has 0 unspecified atom stereocenters. The first-order valence-electron chi connectivity index (χ1n) is 9.74. The number of carbonyl (C=O) groups is 1. The Bertz CT molecular complexity index is 1070. The highest BCUT2D eigenvalue weighted by Crippen LogP contribution is 2.55. The molecule has 0 spiro atoms. The summed E-state index contributed by atoms with van der Waals surface area (Å²) >= 11 is 0. The quantitative estimate of drug-likeness (QED) is 0.786. The minimum atomic E-state index is -1.21. The van der Waals surface area contributed by atoms with Crippen molar-refractivity contribution >= 4 is 5.91 Å². The number of benzene rings is 1. The number of nitrogens with zero attached hydrogens (tertiary/aromatic N) is 2. The lowest BCUT2D eigenvalue weighted by Crippen LogP contribution is -2.25. The van der Waals surface area contributed by atoms with Crippen molar-refractivity contribution in [2.75, 3.05) is 0 Å². The number of hydrogen-bond donors (Lipinski definition) is 2. The number of imidazole rings is 1. The van der Waals surface area contributed by atoms with E-state index in [2.05, 4.69) is 21.4 Å². The molecule has 1 amide bonds. The Morgan fingerprint density at radius 2 is 2.04 bits per heavy atom. The lowest BCUT2D eigenvalue weighted by atomic mass is 9.75. The number of nitrogens with two attached hydrogens (primary N) is 1. The van der Waals surface area contributed by atoms with Crippen LogP contribution in [-0.4, -0.2) is 26.2 Å². The number of halogens is 1. The van der Waals surface area contributed by atoms with Gasteiger partial charge in [-0.2, -0.15) is 0 Å². The summed E-state index contributed by atoms with van der Waals surface area (Å²) in [5.74, 6) is 5.85. The van der Waals surface area contributed by atoms with Crippen LogP contribution in [0.4, 0.5) is 4.39 Å². The highest BCUT2D eigenvalue weighted by Gasteiger charge is 2.44. The number of amides is 1. The van der Waals surface area contributed by atoms with E-state index in [1.54, 1.807) is 26.0 Å². The van der Waals surface area contributed by atoms with E-state index in [4.69, 9.17) is 5.73 Å². The fourth-order valence-electron chi connectivity index (χ4n) is 4.42. The maximum Gasteiger partial charge on any atom is 0.269 e. The molecular weight excluding hydrogens is 357 g/mol. The molecule has 0 atom stereocenters. The highest BCUT2D eigenvalue weighted by molar-refractivity contribution is 5.93. The third kappa shape index (κ3) is 2.65. The molecule has 2 aliphatic carbocycles. The first-order valence-corrected chi connectivity index (χ1v) is 9.74. The molecule has 3 heterocycles. The Kier molecular flexibility index (Phi) is 3.54. The van der Waals surface area contributed by atoms with Gasteiger partial charge in [-0.3, -0.25) is 4.79 Å². The molecule has 1 aromatic heterocycles. The van der Waals surface area contributed by atoms with Crippen LogP contribution >= 0.6 is 0 Å². The van der Waals surface area contributed by atoms with Crippen molar-refractivity contribution in [3.8, 4) is 23.2 Å². The third-order valence-corrected chi connectivity index (χ3v) is 5.95. The molecule has 0 saturated heterocycles. The minimum Gasteiger partial charge on any atom is -0.378 e. The summed E-state index contributed by atoms with van der Waals surface area (Å²) in [5.41, 5.74) is 7.69. The smallest absolute Gasteiger partial charge is 0.269 e. The van der Waals surface area contributed by atoms with E-state index >= 15 is 0 Å². The molecule has 2 aromatic rings. The summed E-state index contributed by atoms with van der Waals surface area (Å²) < 4.78 is 16.9. The highest BCUT2D eigenvalue weighted by atomic mass is 19.1. The van der Waals surface area contributed by atoms with Crippen LogP contribution in [0.3, 0.4) is 0 Å². The van der Waals surface area contributed by atoms with Gasteiger partial charge in [0, 0.05) is 17.5 Å². The van der Waals surface area contributed by atoms with Crippen LogP contribution in [0.5, 0.6) is 0 Å². The second-order valence-electron chi connectivity index (χ2n) is 8.73. The van der Waals surface area contributed by atoms with Crippen molar-refractivity contribution in [3.05, 3.63) is 40.5 Å². The van der Waals surface area contributed by atoms with Crippen molar-refractivity contribution < 1.29 is 14.3 Å². The Morgan fingerprint density at radius 3 is 2.64 bits per heavy atom. The van der Waals surface area contributed by atoms with Gasteiger partial charge in [-0.25, -0.2) is 9.37 Å². The molecule has 2 bridgehead atoms. The minimum absolute atomic E-state index is 0.225. The average molecular weight is 379 g/mol. The summed E-state index contributed by atoms with van der Waals surface area (Å²) in [6.45, 7) is 3.12. The summed E-state index contributed by atoms with van der Waals surface area (Å²) in [7, 11) is 0. The first kappa shape index (κ1) is 17.4. The molecular formula is C22H22FN3O2. The van der Waals surface area contributed by atoms with Gasteiger partial charge < -0.3 is 15.4 Å². The standard InChI is InChI=1S/C22H22FN3O2/c1-22(2,28)6-5-12-9-16-15(10-17(12)23)13-7-14(8-13)26-19(11-3-4-11)18(20(24)27)25-21(16)26/h9-11,13-14,28H,3-4,7-8H2,1-2H3,(H2,24,27). The van der Waals surface area contributed by atoms with Gasteiger partial charge in [0.25, 0.3) is 5.91 Å². The van der Waals surface area contributed by atoms with Crippen molar-refractivity contribution in [3.63, 3.8) is 0 Å². The molecule has 1 aromatic carbocycles. The van der Waals surface area contributed by atoms with Crippen LogP contribution in [0, 0.1) is 17.7 Å². The van der Waals surface area contributed by atoms with Gasteiger partial charge >= 0.3 is 0 Å². The van der Waals surface area contributed by atoms with Crippen molar-refractivity contribution in [2.45, 2.75) is 63.0 Å². The second kappa shape index (κ2) is 5.68. The first-order chi connectivity index (χ1) is 13.2. The number of rotatable bonds is 2. The van der Waals surface area contributed by atoms with E-state index < -0.39 is 17.3 Å². The molecule has 6 heteroatoms. The number of aliphatic hydroxyl groups is 1. The molecule has 2 saturated carbocycles. The van der Waals surface area contributed by atoms with Crippen LogP contribution in [0.25, 0.3) is 11.4 Å². The van der Waals surface area contributed by atoms with Gasteiger partial charge in [-0.15, -0.1) is 0 Å². The average Bonchev–Trinajstić information content (AvgIpc) is 3.35. The predicted molar refractivity (Wildman–Crippen MR) is 102 cm³/mol. The maximum atomic E-state index is 14.7. The summed E-state index contributed by atoms with van der Waals surface area (Å²) in [4.78, 5) is 16.7. The largest absolute Gasteiger partial charge is 0.378 e. The number of carbonyl (C=O) groups excluding carboxylic acids is 1. The molecule has 144 valence electrons. The van der Waals surface area contributed by atoms with E-state index in [0.717, 1.165) is 42.5 Å². The fourth-order valence-corrected chi connectivity index (χ4v) is 4.42. The van der Waals surface area contributed by atoms with Crippen LogP contribution in [0.15, 0.2) is 12.1 Å². The second-order valence-corrected chi connectivity index (χ2v) is 8.73. The van der Waals surface area contributed by atoms with E-state index in [1.165, 1.54) is 0 Å². The molecule has 2 aliphatic heterocycles. The normalized spacial score (nSPS) is 22.3. The molecule has 0 radical (unpaired) electrons. The van der Waals surface area contributed by atoms with Crippen molar-refractivity contribution in [1.82, 2.24) is 9.55 Å². The predicted octanol–water partition coefficient (Wildman–Crippen LogP) is 3.22.